The van der Waals surface area contributed by atoms with Crippen LogP contribution in [-0.4, -0.2) is 58.9 Å². The minimum Gasteiger partial charge on any atom is -0.364 e. The van der Waals surface area contributed by atoms with Crippen molar-refractivity contribution in [3.05, 3.63) is 54.0 Å². The average molecular weight is 458 g/mol. The highest BCUT2D eigenvalue weighted by atomic mass is 19.4. The van der Waals surface area contributed by atoms with Crippen LogP contribution in [0.1, 0.15) is 41.6 Å². The first-order valence-electron chi connectivity index (χ1n) is 10.5. The summed E-state index contributed by atoms with van der Waals surface area (Å²) in [5, 5.41) is 11.4. The number of likely N-dealkylation sites (tertiary alicyclic amines) is 1. The van der Waals surface area contributed by atoms with Crippen LogP contribution in [0.15, 0.2) is 36.9 Å². The van der Waals surface area contributed by atoms with Crippen molar-refractivity contribution >= 4 is 11.7 Å². The van der Waals surface area contributed by atoms with E-state index in [2.05, 4.69) is 30.5 Å². The number of alkyl halides is 3. The highest BCUT2D eigenvalue weighted by Gasteiger charge is 2.52. The van der Waals surface area contributed by atoms with Crippen molar-refractivity contribution in [2.24, 2.45) is 5.92 Å². The molecular formula is C21H21F3N8O. The molecule has 0 unspecified atom stereocenters. The molecule has 5 rings (SSSR count). The molecule has 12 heteroatoms. The predicted octanol–water partition coefficient (Wildman–Crippen LogP) is 2.88. The van der Waals surface area contributed by atoms with Crippen molar-refractivity contribution in [1.82, 2.24) is 34.8 Å². The van der Waals surface area contributed by atoms with Crippen molar-refractivity contribution < 1.29 is 18.0 Å². The van der Waals surface area contributed by atoms with Crippen molar-refractivity contribution in [2.75, 3.05) is 5.32 Å². The molecule has 1 saturated carbocycles. The maximum Gasteiger partial charge on any atom is 0.434 e. The smallest absolute Gasteiger partial charge is 0.364 e. The molecule has 4 heterocycles. The largest absolute Gasteiger partial charge is 0.434 e. The zero-order chi connectivity index (χ0) is 23.3. The van der Waals surface area contributed by atoms with Gasteiger partial charge < -0.3 is 10.2 Å². The zero-order valence-electron chi connectivity index (χ0n) is 17.9. The van der Waals surface area contributed by atoms with Crippen LogP contribution >= 0.6 is 0 Å². The van der Waals surface area contributed by atoms with Crippen LogP contribution in [-0.2, 0) is 6.18 Å². The third-order valence-electron chi connectivity index (χ3n) is 6.40. The summed E-state index contributed by atoms with van der Waals surface area (Å²) in [5.74, 6) is 0.279. The fraction of sp³-hybridized carbons (Fsp3) is 0.429. The number of aryl methyl sites for hydroxylation is 1. The van der Waals surface area contributed by atoms with Gasteiger partial charge in [0.1, 0.15) is 11.5 Å². The first-order chi connectivity index (χ1) is 15.7. The topological polar surface area (TPSA) is 102 Å². The molecule has 2 aliphatic rings. The van der Waals surface area contributed by atoms with Crippen LogP contribution in [0.2, 0.25) is 0 Å². The number of pyridine rings is 1. The van der Waals surface area contributed by atoms with Crippen LogP contribution < -0.4 is 5.32 Å². The average Bonchev–Trinajstić information content (AvgIpc) is 3.50. The molecule has 1 amide bonds. The molecule has 1 aliphatic heterocycles. The van der Waals surface area contributed by atoms with Crippen molar-refractivity contribution in [1.29, 1.82) is 0 Å². The summed E-state index contributed by atoms with van der Waals surface area (Å²) in [6.07, 6.45) is 1.87. The number of aromatic nitrogens is 6. The number of hydrogen-bond acceptors (Lipinski definition) is 7. The van der Waals surface area contributed by atoms with Gasteiger partial charge in [0, 0.05) is 17.8 Å². The van der Waals surface area contributed by atoms with Gasteiger partial charge in [0.05, 0.1) is 30.8 Å². The van der Waals surface area contributed by atoms with Crippen LogP contribution in [0, 0.1) is 12.8 Å². The van der Waals surface area contributed by atoms with Gasteiger partial charge >= 0.3 is 6.18 Å². The Labute approximate surface area is 187 Å². The molecule has 0 aromatic carbocycles. The molecule has 1 N–H and O–H groups in total. The van der Waals surface area contributed by atoms with E-state index in [0.29, 0.717) is 17.6 Å². The Morgan fingerprint density at radius 3 is 2.52 bits per heavy atom. The van der Waals surface area contributed by atoms with Gasteiger partial charge in [-0.2, -0.15) is 23.4 Å². The van der Waals surface area contributed by atoms with E-state index < -0.39 is 11.9 Å². The van der Waals surface area contributed by atoms with Gasteiger partial charge in [0.2, 0.25) is 0 Å². The summed E-state index contributed by atoms with van der Waals surface area (Å²) in [6, 6.07) is 3.25. The number of piperidine rings is 1. The number of amides is 1. The highest BCUT2D eigenvalue weighted by Crippen LogP contribution is 2.44. The van der Waals surface area contributed by atoms with Crippen LogP contribution in [0.25, 0.3) is 5.69 Å². The normalized spacial score (nSPS) is 24.3. The van der Waals surface area contributed by atoms with Gasteiger partial charge in [0.25, 0.3) is 5.91 Å². The second-order valence-electron chi connectivity index (χ2n) is 8.43. The van der Waals surface area contributed by atoms with E-state index in [4.69, 9.17) is 0 Å². The summed E-state index contributed by atoms with van der Waals surface area (Å²) < 4.78 is 38.3. The van der Waals surface area contributed by atoms with E-state index in [1.807, 2.05) is 18.7 Å². The molecule has 33 heavy (non-hydrogen) atoms. The van der Waals surface area contributed by atoms with Crippen LogP contribution in [0.3, 0.4) is 0 Å². The number of carbonyl (C=O) groups excluding carboxylic acids is 1. The molecule has 2 fully saturated rings. The molecule has 9 nitrogen and oxygen atoms in total. The fourth-order valence-corrected chi connectivity index (χ4v) is 4.84. The van der Waals surface area contributed by atoms with Crippen molar-refractivity contribution in [2.45, 2.75) is 51.0 Å². The maximum atomic E-state index is 13.7. The highest BCUT2D eigenvalue weighted by molar-refractivity contribution is 5.96. The molecule has 3 aromatic heterocycles. The Hall–Kier alpha value is -3.57. The Balaban J connectivity index is 1.40. The molecule has 2 bridgehead atoms. The lowest BCUT2D eigenvalue weighted by atomic mass is 9.97. The second-order valence-corrected chi connectivity index (χ2v) is 8.43. The number of halogens is 3. The lowest BCUT2D eigenvalue weighted by Gasteiger charge is -2.38. The maximum absolute atomic E-state index is 13.7. The third-order valence-corrected chi connectivity index (χ3v) is 6.40. The Morgan fingerprint density at radius 1 is 1.12 bits per heavy atom. The minimum absolute atomic E-state index is 0.0000163. The van der Waals surface area contributed by atoms with Gasteiger partial charge in [-0.25, -0.2) is 15.0 Å². The summed E-state index contributed by atoms with van der Waals surface area (Å²) >= 11 is 0. The lowest BCUT2D eigenvalue weighted by molar-refractivity contribution is -0.141. The van der Waals surface area contributed by atoms with Crippen LogP contribution in [0.5, 0.6) is 0 Å². The van der Waals surface area contributed by atoms with Gasteiger partial charge in [-0.15, -0.1) is 4.80 Å². The number of anilines is 1. The lowest BCUT2D eigenvalue weighted by Crippen LogP contribution is -2.52. The predicted molar refractivity (Wildman–Crippen MR) is 110 cm³/mol. The summed E-state index contributed by atoms with van der Waals surface area (Å²) in [4.78, 5) is 28.7. The third kappa shape index (κ3) is 3.79. The molecule has 3 aromatic rings. The molecule has 172 valence electrons. The molecule has 4 atom stereocenters. The van der Waals surface area contributed by atoms with Gasteiger partial charge in [-0.3, -0.25) is 4.79 Å². The standard InChI is InChI=1S/C21H21F3N8O/c1-11-3-4-15(32-27-5-6-28-32)19(29-11)20(33)31-12(2)13-7-14(16(31)8-13)30-18-10-25-17(9-26-18)21(22,23)24/h3-6,9-10,12-14,16H,7-8H2,1-2H3,(H,26,30)/t12-,13+,14-,16+/m1/s1. The first kappa shape index (κ1) is 21.3. The van der Waals surface area contributed by atoms with E-state index in [1.54, 1.807) is 12.1 Å². The van der Waals surface area contributed by atoms with Crippen LogP contribution in [0.4, 0.5) is 19.0 Å². The number of rotatable bonds is 4. The summed E-state index contributed by atoms with van der Waals surface area (Å²) in [6.45, 7) is 3.82. The molecule has 0 radical (unpaired) electrons. The minimum atomic E-state index is -4.54. The fourth-order valence-electron chi connectivity index (χ4n) is 4.84. The quantitative estimate of drug-likeness (QED) is 0.642. The first-order valence-corrected chi connectivity index (χ1v) is 10.5. The number of hydrogen-bond donors (Lipinski definition) is 1. The molecule has 0 spiro atoms. The summed E-state index contributed by atoms with van der Waals surface area (Å²) in [7, 11) is 0. The van der Waals surface area contributed by atoms with Gasteiger partial charge in [-0.05, 0) is 44.7 Å². The molecular weight excluding hydrogens is 437 g/mol. The number of nitrogens with zero attached hydrogens (tertiary/aromatic N) is 7. The van der Waals surface area contributed by atoms with E-state index in [0.717, 1.165) is 19.0 Å². The Bertz CT molecular complexity index is 1170. The Morgan fingerprint density at radius 2 is 1.88 bits per heavy atom. The van der Waals surface area contributed by atoms with E-state index in [-0.39, 0.29) is 41.5 Å². The molecule has 1 saturated heterocycles. The monoisotopic (exact) mass is 458 g/mol. The van der Waals surface area contributed by atoms with Gasteiger partial charge in [-0.1, -0.05) is 0 Å². The van der Waals surface area contributed by atoms with E-state index >= 15 is 0 Å². The SMILES string of the molecule is Cc1ccc(-n2nccn2)c(C(=O)N2[C@H](C)[C@H]3C[C@@H](Nc4cnc(C(F)(F)F)cn4)[C@@H]2C3)n1. The zero-order valence-corrected chi connectivity index (χ0v) is 17.9. The molecule has 1 aliphatic carbocycles. The summed E-state index contributed by atoms with van der Waals surface area (Å²) in [5.41, 5.74) is 0.403. The number of nitrogens with one attached hydrogen (secondary N) is 1. The van der Waals surface area contributed by atoms with E-state index in [1.165, 1.54) is 17.2 Å². The van der Waals surface area contributed by atoms with Gasteiger partial charge in [0.15, 0.2) is 11.4 Å². The number of carbonyl (C=O) groups is 1. The van der Waals surface area contributed by atoms with Crippen molar-refractivity contribution in [3.63, 3.8) is 0 Å². The van der Waals surface area contributed by atoms with E-state index in [9.17, 15) is 18.0 Å². The Kier molecular flexibility index (Phi) is 5.02. The second kappa shape index (κ2) is 7.78. The number of fused-ring (bicyclic) bond motifs is 2. The van der Waals surface area contributed by atoms with Crippen molar-refractivity contribution in [3.8, 4) is 5.69 Å².